The van der Waals surface area contributed by atoms with E-state index in [1.165, 1.54) is 13.8 Å². The van der Waals surface area contributed by atoms with Crippen molar-refractivity contribution < 1.29 is 19.5 Å². The SMILES string of the molecule is CC(C)(CC(=O)NC1CCN(c2ccc(Cl)cc2)C1=O)C(=O)O. The van der Waals surface area contributed by atoms with E-state index in [0.717, 1.165) is 5.69 Å². The van der Waals surface area contributed by atoms with Crippen LogP contribution < -0.4 is 10.2 Å². The average molecular weight is 339 g/mol. The number of carbonyl (C=O) groups is 3. The van der Waals surface area contributed by atoms with Crippen molar-refractivity contribution in [1.82, 2.24) is 5.32 Å². The number of halogens is 1. The molecule has 0 bridgehead atoms. The van der Waals surface area contributed by atoms with E-state index in [2.05, 4.69) is 5.32 Å². The summed E-state index contributed by atoms with van der Waals surface area (Å²) in [5.74, 6) is -1.68. The van der Waals surface area contributed by atoms with Crippen LogP contribution in [0.15, 0.2) is 24.3 Å². The Morgan fingerprint density at radius 2 is 1.96 bits per heavy atom. The zero-order chi connectivity index (χ0) is 17.2. The minimum atomic E-state index is -1.17. The number of hydrogen-bond donors (Lipinski definition) is 2. The highest BCUT2D eigenvalue weighted by Gasteiger charge is 2.36. The normalized spacial score (nSPS) is 18.1. The van der Waals surface area contributed by atoms with Crippen molar-refractivity contribution in [2.45, 2.75) is 32.7 Å². The fourth-order valence-electron chi connectivity index (χ4n) is 2.41. The van der Waals surface area contributed by atoms with Crippen molar-refractivity contribution in [1.29, 1.82) is 0 Å². The minimum absolute atomic E-state index is 0.174. The lowest BCUT2D eigenvalue weighted by Crippen LogP contribution is -2.43. The maximum absolute atomic E-state index is 12.4. The first-order valence-electron chi connectivity index (χ1n) is 7.30. The van der Waals surface area contributed by atoms with Crippen LogP contribution in [0.1, 0.15) is 26.7 Å². The number of nitrogens with one attached hydrogen (secondary N) is 1. The summed E-state index contributed by atoms with van der Waals surface area (Å²) < 4.78 is 0. The molecule has 23 heavy (non-hydrogen) atoms. The van der Waals surface area contributed by atoms with Crippen molar-refractivity contribution in [2.24, 2.45) is 5.41 Å². The molecule has 0 radical (unpaired) electrons. The van der Waals surface area contributed by atoms with Crippen molar-refractivity contribution >= 4 is 35.1 Å². The Morgan fingerprint density at radius 3 is 2.52 bits per heavy atom. The molecule has 1 heterocycles. The molecule has 1 unspecified atom stereocenters. The van der Waals surface area contributed by atoms with Crippen molar-refractivity contribution in [3.8, 4) is 0 Å². The molecule has 1 aromatic rings. The molecule has 0 spiro atoms. The maximum atomic E-state index is 12.4. The van der Waals surface area contributed by atoms with Crippen LogP contribution in [0, 0.1) is 5.41 Å². The molecule has 1 aromatic carbocycles. The molecule has 6 nitrogen and oxygen atoms in total. The summed E-state index contributed by atoms with van der Waals surface area (Å²) in [4.78, 5) is 37.0. The fraction of sp³-hybridized carbons (Fsp3) is 0.438. The number of nitrogens with zero attached hydrogens (tertiary/aromatic N) is 1. The predicted molar refractivity (Wildman–Crippen MR) is 86.4 cm³/mol. The van der Waals surface area contributed by atoms with Gasteiger partial charge in [0.25, 0.3) is 0 Å². The summed E-state index contributed by atoms with van der Waals surface area (Å²) in [6.45, 7) is 3.45. The quantitative estimate of drug-likeness (QED) is 0.860. The Kier molecular flexibility index (Phi) is 4.94. The Bertz CT molecular complexity index is 627. The lowest BCUT2D eigenvalue weighted by Gasteiger charge is -2.20. The molecule has 2 rings (SSSR count). The molecule has 1 atom stereocenters. The Labute approximate surface area is 139 Å². The average Bonchev–Trinajstić information content (AvgIpc) is 2.80. The van der Waals surface area contributed by atoms with Gasteiger partial charge in [-0.1, -0.05) is 11.6 Å². The zero-order valence-electron chi connectivity index (χ0n) is 13.0. The third-order valence-electron chi connectivity index (χ3n) is 3.86. The predicted octanol–water partition coefficient (Wildman–Crippen LogP) is 2.06. The molecule has 124 valence electrons. The lowest BCUT2D eigenvalue weighted by atomic mass is 9.89. The second kappa shape index (κ2) is 6.58. The summed E-state index contributed by atoms with van der Waals surface area (Å²) in [5, 5.41) is 12.3. The van der Waals surface area contributed by atoms with E-state index in [0.29, 0.717) is 18.0 Å². The van der Waals surface area contributed by atoms with Gasteiger partial charge < -0.3 is 15.3 Å². The summed E-state index contributed by atoms with van der Waals surface area (Å²) in [6.07, 6.45) is 0.313. The van der Waals surface area contributed by atoms with E-state index in [-0.39, 0.29) is 12.3 Å². The van der Waals surface area contributed by atoms with Gasteiger partial charge in [-0.15, -0.1) is 0 Å². The highest BCUT2D eigenvalue weighted by atomic mass is 35.5. The third kappa shape index (κ3) is 4.01. The van der Waals surface area contributed by atoms with Crippen molar-refractivity contribution in [2.75, 3.05) is 11.4 Å². The second-order valence-corrected chi connectivity index (χ2v) is 6.68. The van der Waals surface area contributed by atoms with E-state index >= 15 is 0 Å². The number of carboxylic acid groups (broad SMARTS) is 1. The van der Waals surface area contributed by atoms with E-state index in [4.69, 9.17) is 16.7 Å². The van der Waals surface area contributed by atoms with Crippen LogP contribution in [0.25, 0.3) is 0 Å². The van der Waals surface area contributed by atoms with Crippen LogP contribution in [0.4, 0.5) is 5.69 Å². The molecule has 0 aliphatic carbocycles. The highest BCUT2D eigenvalue weighted by Crippen LogP contribution is 2.24. The Balaban J connectivity index is 1.98. The zero-order valence-corrected chi connectivity index (χ0v) is 13.8. The van der Waals surface area contributed by atoms with E-state index in [1.807, 2.05) is 0 Å². The second-order valence-electron chi connectivity index (χ2n) is 6.24. The number of carboxylic acids is 1. The first-order chi connectivity index (χ1) is 10.7. The molecule has 0 saturated carbocycles. The molecule has 1 aliphatic rings. The van der Waals surface area contributed by atoms with Gasteiger partial charge in [0.1, 0.15) is 6.04 Å². The smallest absolute Gasteiger partial charge is 0.309 e. The number of hydrogen-bond acceptors (Lipinski definition) is 3. The van der Waals surface area contributed by atoms with Gasteiger partial charge in [-0.25, -0.2) is 0 Å². The van der Waals surface area contributed by atoms with Crippen LogP contribution >= 0.6 is 11.6 Å². The van der Waals surface area contributed by atoms with E-state index in [1.54, 1.807) is 29.2 Å². The number of rotatable bonds is 5. The molecule has 7 heteroatoms. The molecule has 1 aliphatic heterocycles. The molecule has 1 fully saturated rings. The number of carbonyl (C=O) groups excluding carboxylic acids is 2. The topological polar surface area (TPSA) is 86.7 Å². The minimum Gasteiger partial charge on any atom is -0.481 e. The van der Waals surface area contributed by atoms with Crippen LogP contribution in [0.2, 0.25) is 5.02 Å². The third-order valence-corrected chi connectivity index (χ3v) is 4.11. The standard InChI is InChI=1S/C16H19ClN2O4/c1-16(2,15(22)23)9-13(20)18-12-7-8-19(14(12)21)11-5-3-10(17)4-6-11/h3-6,12H,7-9H2,1-2H3,(H,18,20)(H,22,23). The lowest BCUT2D eigenvalue weighted by molar-refractivity contribution is -0.149. The molecule has 0 aromatic heterocycles. The number of aliphatic carboxylic acids is 1. The van der Waals surface area contributed by atoms with Crippen molar-refractivity contribution in [3.63, 3.8) is 0 Å². The first kappa shape index (κ1) is 17.3. The largest absolute Gasteiger partial charge is 0.481 e. The first-order valence-corrected chi connectivity index (χ1v) is 7.68. The van der Waals surface area contributed by atoms with Gasteiger partial charge in [0.15, 0.2) is 0 Å². The summed E-state index contributed by atoms with van der Waals surface area (Å²) in [6, 6.07) is 6.27. The van der Waals surface area contributed by atoms with Gasteiger partial charge >= 0.3 is 5.97 Å². The molecule has 1 saturated heterocycles. The van der Waals surface area contributed by atoms with E-state index in [9.17, 15) is 14.4 Å². The number of anilines is 1. The van der Waals surface area contributed by atoms with Crippen LogP contribution in [-0.2, 0) is 14.4 Å². The van der Waals surface area contributed by atoms with Gasteiger partial charge in [0.05, 0.1) is 5.41 Å². The maximum Gasteiger partial charge on any atom is 0.309 e. The molecule has 2 amide bonds. The fourth-order valence-corrected chi connectivity index (χ4v) is 2.54. The van der Waals surface area contributed by atoms with Gasteiger partial charge in [-0.05, 0) is 44.5 Å². The monoisotopic (exact) mass is 338 g/mol. The Morgan fingerprint density at radius 1 is 1.35 bits per heavy atom. The molecular weight excluding hydrogens is 320 g/mol. The van der Waals surface area contributed by atoms with E-state index < -0.39 is 23.3 Å². The summed E-state index contributed by atoms with van der Waals surface area (Å²) >= 11 is 5.83. The number of amides is 2. The number of benzene rings is 1. The Hall–Kier alpha value is -2.08. The summed E-state index contributed by atoms with van der Waals surface area (Å²) in [5.41, 5.74) is -0.441. The summed E-state index contributed by atoms with van der Waals surface area (Å²) in [7, 11) is 0. The van der Waals surface area contributed by atoms with Gasteiger partial charge in [-0.3, -0.25) is 14.4 Å². The van der Waals surface area contributed by atoms with Crippen LogP contribution in [0.3, 0.4) is 0 Å². The van der Waals surface area contributed by atoms with Gasteiger partial charge in [0.2, 0.25) is 11.8 Å². The van der Waals surface area contributed by atoms with Gasteiger partial charge in [-0.2, -0.15) is 0 Å². The molecular formula is C16H19ClN2O4. The highest BCUT2D eigenvalue weighted by molar-refractivity contribution is 6.30. The van der Waals surface area contributed by atoms with Gasteiger partial charge in [0, 0.05) is 23.7 Å². The van der Waals surface area contributed by atoms with Crippen LogP contribution in [0.5, 0.6) is 0 Å². The molecule has 2 N–H and O–H groups in total. The van der Waals surface area contributed by atoms with Crippen LogP contribution in [-0.4, -0.2) is 35.5 Å². The van der Waals surface area contributed by atoms with Crippen molar-refractivity contribution in [3.05, 3.63) is 29.3 Å².